The van der Waals surface area contributed by atoms with Crippen LogP contribution in [0, 0.1) is 0 Å². The van der Waals surface area contributed by atoms with Gasteiger partial charge in [0.05, 0.1) is 0 Å². The Hall–Kier alpha value is -0.0800. The molecular formula is C13H24N2. The summed E-state index contributed by atoms with van der Waals surface area (Å²) in [5, 5.41) is 3.90. The maximum atomic E-state index is 3.90. The Bertz CT molecular complexity index is 209. The Kier molecular flexibility index (Phi) is 2.98. The zero-order valence-electron chi connectivity index (χ0n) is 9.75. The predicted octanol–water partition coefficient (Wildman–Crippen LogP) is 2.15. The summed E-state index contributed by atoms with van der Waals surface area (Å²) in [6.45, 7) is 2.73. The van der Waals surface area contributed by atoms with E-state index in [4.69, 9.17) is 0 Å². The minimum Gasteiger partial charge on any atom is -0.311 e. The first-order valence-corrected chi connectivity index (χ1v) is 6.92. The number of hydrogen-bond acceptors (Lipinski definition) is 2. The smallest absolute Gasteiger partial charge is 0.0111 e. The van der Waals surface area contributed by atoms with Gasteiger partial charge in [-0.05, 0) is 51.6 Å². The maximum Gasteiger partial charge on any atom is 0.0111 e. The van der Waals surface area contributed by atoms with E-state index in [0.29, 0.717) is 0 Å². The SMILES string of the molecule is C1CCC(NC2CCN3CCCC3C2)C1. The van der Waals surface area contributed by atoms with Gasteiger partial charge >= 0.3 is 0 Å². The zero-order valence-corrected chi connectivity index (χ0v) is 9.75. The topological polar surface area (TPSA) is 15.3 Å². The summed E-state index contributed by atoms with van der Waals surface area (Å²) in [7, 11) is 0. The van der Waals surface area contributed by atoms with Gasteiger partial charge in [-0.1, -0.05) is 12.8 Å². The first-order valence-electron chi connectivity index (χ1n) is 6.92. The van der Waals surface area contributed by atoms with Crippen molar-refractivity contribution in [3.8, 4) is 0 Å². The van der Waals surface area contributed by atoms with Crippen molar-refractivity contribution in [2.75, 3.05) is 13.1 Å². The molecule has 0 aromatic heterocycles. The Labute approximate surface area is 93.4 Å². The van der Waals surface area contributed by atoms with E-state index in [1.165, 1.54) is 64.5 Å². The Morgan fingerprint density at radius 2 is 1.67 bits per heavy atom. The molecule has 0 aromatic carbocycles. The average molecular weight is 208 g/mol. The second kappa shape index (κ2) is 4.42. The number of nitrogens with zero attached hydrogens (tertiary/aromatic N) is 1. The fourth-order valence-corrected chi connectivity index (χ4v) is 3.80. The molecule has 2 heterocycles. The lowest BCUT2D eigenvalue weighted by molar-refractivity contribution is 0.161. The zero-order chi connectivity index (χ0) is 10.1. The molecule has 0 radical (unpaired) electrons. The molecule has 1 saturated carbocycles. The number of nitrogens with one attached hydrogen (secondary N) is 1. The Morgan fingerprint density at radius 3 is 2.53 bits per heavy atom. The molecule has 2 saturated heterocycles. The van der Waals surface area contributed by atoms with Crippen molar-refractivity contribution >= 4 is 0 Å². The third-order valence-electron chi connectivity index (χ3n) is 4.65. The number of fused-ring (bicyclic) bond motifs is 1. The van der Waals surface area contributed by atoms with Gasteiger partial charge in [0.25, 0.3) is 0 Å². The van der Waals surface area contributed by atoms with Gasteiger partial charge in [0.1, 0.15) is 0 Å². The van der Waals surface area contributed by atoms with E-state index in [1.54, 1.807) is 0 Å². The summed E-state index contributed by atoms with van der Waals surface area (Å²) in [5.74, 6) is 0. The average Bonchev–Trinajstić information content (AvgIpc) is 2.87. The standard InChI is InChI=1S/C13H24N2/c1-2-5-11(4-1)14-12-7-9-15-8-3-6-13(15)10-12/h11-14H,1-10H2. The molecule has 86 valence electrons. The number of rotatable bonds is 2. The van der Waals surface area contributed by atoms with E-state index in [0.717, 1.165) is 18.1 Å². The fourth-order valence-electron chi connectivity index (χ4n) is 3.80. The van der Waals surface area contributed by atoms with Crippen LogP contribution in [0.25, 0.3) is 0 Å². The van der Waals surface area contributed by atoms with E-state index in [-0.39, 0.29) is 0 Å². The van der Waals surface area contributed by atoms with Gasteiger partial charge in [-0.3, -0.25) is 0 Å². The highest BCUT2D eigenvalue weighted by atomic mass is 15.2. The number of piperidine rings is 1. The molecule has 3 aliphatic rings. The molecule has 2 unspecified atom stereocenters. The van der Waals surface area contributed by atoms with Gasteiger partial charge in [0.15, 0.2) is 0 Å². The normalized spacial score (nSPS) is 38.4. The van der Waals surface area contributed by atoms with Crippen molar-refractivity contribution in [1.82, 2.24) is 10.2 Å². The summed E-state index contributed by atoms with van der Waals surface area (Å²) >= 11 is 0. The van der Waals surface area contributed by atoms with Crippen LogP contribution in [0.4, 0.5) is 0 Å². The highest BCUT2D eigenvalue weighted by molar-refractivity contribution is 4.91. The highest BCUT2D eigenvalue weighted by Crippen LogP contribution is 2.28. The molecule has 0 spiro atoms. The van der Waals surface area contributed by atoms with Gasteiger partial charge in [0.2, 0.25) is 0 Å². The van der Waals surface area contributed by atoms with Gasteiger partial charge in [0, 0.05) is 18.1 Å². The van der Waals surface area contributed by atoms with Gasteiger partial charge in [-0.25, -0.2) is 0 Å². The molecule has 1 N–H and O–H groups in total. The van der Waals surface area contributed by atoms with Crippen LogP contribution >= 0.6 is 0 Å². The molecule has 0 aromatic rings. The summed E-state index contributed by atoms with van der Waals surface area (Å²) in [6, 6.07) is 2.63. The van der Waals surface area contributed by atoms with Crippen LogP contribution in [0.15, 0.2) is 0 Å². The Morgan fingerprint density at radius 1 is 0.800 bits per heavy atom. The molecule has 2 nitrogen and oxygen atoms in total. The van der Waals surface area contributed by atoms with Crippen LogP contribution in [0.1, 0.15) is 51.4 Å². The van der Waals surface area contributed by atoms with Crippen molar-refractivity contribution in [3.05, 3.63) is 0 Å². The number of hydrogen-bond donors (Lipinski definition) is 1. The second-order valence-corrected chi connectivity index (χ2v) is 5.70. The van der Waals surface area contributed by atoms with Crippen LogP contribution < -0.4 is 5.32 Å². The van der Waals surface area contributed by atoms with E-state index in [2.05, 4.69) is 10.2 Å². The van der Waals surface area contributed by atoms with Crippen molar-refractivity contribution in [3.63, 3.8) is 0 Å². The van der Waals surface area contributed by atoms with E-state index in [9.17, 15) is 0 Å². The summed E-state index contributed by atoms with van der Waals surface area (Å²) < 4.78 is 0. The third kappa shape index (κ3) is 2.21. The maximum absolute atomic E-state index is 3.90. The summed E-state index contributed by atoms with van der Waals surface area (Å²) in [6.07, 6.45) is 11.5. The molecule has 3 fully saturated rings. The van der Waals surface area contributed by atoms with E-state index >= 15 is 0 Å². The monoisotopic (exact) mass is 208 g/mol. The van der Waals surface area contributed by atoms with Gasteiger partial charge < -0.3 is 10.2 Å². The quantitative estimate of drug-likeness (QED) is 0.748. The molecule has 3 rings (SSSR count). The lowest BCUT2D eigenvalue weighted by Gasteiger charge is -2.36. The molecule has 15 heavy (non-hydrogen) atoms. The van der Waals surface area contributed by atoms with Crippen LogP contribution in [0.3, 0.4) is 0 Å². The van der Waals surface area contributed by atoms with Crippen LogP contribution in [0.5, 0.6) is 0 Å². The first kappa shape index (κ1) is 10.1. The lowest BCUT2D eigenvalue weighted by Crippen LogP contribution is -2.48. The molecule has 0 amide bonds. The van der Waals surface area contributed by atoms with E-state index in [1.807, 2.05) is 0 Å². The summed E-state index contributed by atoms with van der Waals surface area (Å²) in [4.78, 5) is 2.72. The second-order valence-electron chi connectivity index (χ2n) is 5.70. The molecule has 2 heteroatoms. The predicted molar refractivity (Wildman–Crippen MR) is 63.0 cm³/mol. The minimum absolute atomic E-state index is 0.840. The van der Waals surface area contributed by atoms with Crippen molar-refractivity contribution in [2.45, 2.75) is 69.5 Å². The third-order valence-corrected chi connectivity index (χ3v) is 4.65. The van der Waals surface area contributed by atoms with Crippen LogP contribution in [-0.4, -0.2) is 36.1 Å². The van der Waals surface area contributed by atoms with E-state index < -0.39 is 0 Å². The molecule has 2 aliphatic heterocycles. The molecular weight excluding hydrogens is 184 g/mol. The lowest BCUT2D eigenvalue weighted by atomic mass is 9.96. The molecule has 2 atom stereocenters. The fraction of sp³-hybridized carbons (Fsp3) is 1.00. The van der Waals surface area contributed by atoms with Crippen molar-refractivity contribution in [1.29, 1.82) is 0 Å². The Balaban J connectivity index is 1.50. The largest absolute Gasteiger partial charge is 0.311 e. The van der Waals surface area contributed by atoms with Crippen molar-refractivity contribution in [2.24, 2.45) is 0 Å². The first-order chi connectivity index (χ1) is 7.42. The summed E-state index contributed by atoms with van der Waals surface area (Å²) in [5.41, 5.74) is 0. The molecule has 0 bridgehead atoms. The highest BCUT2D eigenvalue weighted by Gasteiger charge is 2.32. The minimum atomic E-state index is 0.840. The van der Waals surface area contributed by atoms with Crippen molar-refractivity contribution < 1.29 is 0 Å². The van der Waals surface area contributed by atoms with Crippen LogP contribution in [0.2, 0.25) is 0 Å². The molecule has 1 aliphatic carbocycles. The van der Waals surface area contributed by atoms with Gasteiger partial charge in [-0.2, -0.15) is 0 Å². The van der Waals surface area contributed by atoms with Crippen LogP contribution in [-0.2, 0) is 0 Å². The van der Waals surface area contributed by atoms with Gasteiger partial charge in [-0.15, -0.1) is 0 Å².